The maximum Gasteiger partial charge on any atom is 0.218 e. The van der Waals surface area contributed by atoms with Crippen molar-refractivity contribution in [3.05, 3.63) is 58.2 Å². The first kappa shape index (κ1) is 14.5. The Morgan fingerprint density at radius 2 is 2.23 bits per heavy atom. The maximum absolute atomic E-state index is 14.3. The number of amides is 1. The number of rotatable bonds is 4. The normalized spacial score (nSPS) is 12.4. The minimum atomic E-state index is -0.515. The van der Waals surface area contributed by atoms with Gasteiger partial charge in [0.2, 0.25) is 5.91 Å². The molecule has 0 bridgehead atoms. The van der Waals surface area contributed by atoms with Gasteiger partial charge < -0.3 is 10.8 Å². The Balaban J connectivity index is 2.22. The lowest BCUT2D eigenvalue weighted by atomic mass is 9.91. The van der Waals surface area contributed by atoms with Gasteiger partial charge in [-0.05, 0) is 29.6 Å². The smallest absolute Gasteiger partial charge is 0.218 e. The Bertz CT molecular complexity index is 834. The average Bonchev–Trinajstić information content (AvgIpc) is 3.03. The molecular formula is C16H13FN2O2S. The number of aromatic nitrogens is 1. The number of pyridine rings is 1. The second kappa shape index (κ2) is 5.73. The van der Waals surface area contributed by atoms with Crippen LogP contribution in [0.1, 0.15) is 22.8 Å². The third kappa shape index (κ3) is 2.53. The highest BCUT2D eigenvalue weighted by molar-refractivity contribution is 7.10. The van der Waals surface area contributed by atoms with Crippen molar-refractivity contribution in [1.29, 1.82) is 0 Å². The Kier molecular flexibility index (Phi) is 3.77. The predicted molar refractivity (Wildman–Crippen MR) is 83.3 cm³/mol. The number of aromatic hydroxyl groups is 1. The highest BCUT2D eigenvalue weighted by atomic mass is 32.1. The van der Waals surface area contributed by atoms with Crippen LogP contribution < -0.4 is 5.73 Å². The van der Waals surface area contributed by atoms with E-state index in [0.29, 0.717) is 5.56 Å². The summed E-state index contributed by atoms with van der Waals surface area (Å²) in [4.78, 5) is 16.3. The summed E-state index contributed by atoms with van der Waals surface area (Å²) in [6.45, 7) is 0. The lowest BCUT2D eigenvalue weighted by molar-refractivity contribution is -0.118. The van der Waals surface area contributed by atoms with Crippen LogP contribution in [0.15, 0.2) is 41.9 Å². The molecule has 6 heteroatoms. The van der Waals surface area contributed by atoms with Crippen molar-refractivity contribution >= 4 is 28.1 Å². The van der Waals surface area contributed by atoms with Crippen molar-refractivity contribution in [3.8, 4) is 5.75 Å². The summed E-state index contributed by atoms with van der Waals surface area (Å²) >= 11 is 1.43. The SMILES string of the molecule is NC(=O)CC(c1cccs1)c1cc(F)c2cccnc2c1O. The zero-order chi connectivity index (χ0) is 15.7. The van der Waals surface area contributed by atoms with Crippen molar-refractivity contribution in [2.45, 2.75) is 12.3 Å². The fourth-order valence-corrected chi connectivity index (χ4v) is 3.37. The van der Waals surface area contributed by atoms with E-state index in [1.165, 1.54) is 23.6 Å². The second-order valence-corrected chi connectivity index (χ2v) is 5.91. The third-order valence-corrected chi connectivity index (χ3v) is 4.50. The van der Waals surface area contributed by atoms with Crippen molar-refractivity contribution in [2.24, 2.45) is 5.73 Å². The first-order valence-electron chi connectivity index (χ1n) is 6.65. The maximum atomic E-state index is 14.3. The number of carbonyl (C=O) groups excluding carboxylic acids is 1. The van der Waals surface area contributed by atoms with E-state index in [-0.39, 0.29) is 23.1 Å². The number of phenolic OH excluding ortho intramolecular Hbond substituents is 1. The minimum Gasteiger partial charge on any atom is -0.505 e. The van der Waals surface area contributed by atoms with Crippen molar-refractivity contribution in [1.82, 2.24) is 4.98 Å². The topological polar surface area (TPSA) is 76.2 Å². The molecule has 0 radical (unpaired) electrons. The number of hydrogen-bond acceptors (Lipinski definition) is 4. The van der Waals surface area contributed by atoms with E-state index in [0.717, 1.165) is 4.88 Å². The molecule has 1 aromatic carbocycles. The molecule has 1 atom stereocenters. The fourth-order valence-electron chi connectivity index (χ4n) is 2.53. The molecule has 22 heavy (non-hydrogen) atoms. The van der Waals surface area contributed by atoms with Gasteiger partial charge >= 0.3 is 0 Å². The van der Waals surface area contributed by atoms with Gasteiger partial charge in [0, 0.05) is 34.4 Å². The van der Waals surface area contributed by atoms with Crippen LogP contribution in [0.3, 0.4) is 0 Å². The van der Waals surface area contributed by atoms with Crippen LogP contribution in [0.25, 0.3) is 10.9 Å². The van der Waals surface area contributed by atoms with E-state index in [1.807, 2.05) is 17.5 Å². The number of primary amides is 1. The second-order valence-electron chi connectivity index (χ2n) is 4.93. The molecule has 112 valence electrons. The van der Waals surface area contributed by atoms with Gasteiger partial charge in [0.05, 0.1) is 0 Å². The molecule has 0 aliphatic heterocycles. The van der Waals surface area contributed by atoms with Crippen LogP contribution in [0.4, 0.5) is 4.39 Å². The summed E-state index contributed by atoms with van der Waals surface area (Å²) in [7, 11) is 0. The Labute approximate surface area is 130 Å². The van der Waals surface area contributed by atoms with E-state index in [9.17, 15) is 14.3 Å². The Hall–Kier alpha value is -2.47. The molecule has 0 saturated heterocycles. The van der Waals surface area contributed by atoms with Crippen LogP contribution in [0.2, 0.25) is 0 Å². The summed E-state index contributed by atoms with van der Waals surface area (Å²) in [6.07, 6.45) is 1.48. The number of halogens is 1. The van der Waals surface area contributed by atoms with E-state index in [2.05, 4.69) is 4.98 Å². The molecule has 0 saturated carbocycles. The monoisotopic (exact) mass is 316 g/mol. The molecule has 0 aliphatic carbocycles. The van der Waals surface area contributed by atoms with Crippen LogP contribution in [-0.2, 0) is 4.79 Å². The number of benzene rings is 1. The number of thiophene rings is 1. The van der Waals surface area contributed by atoms with E-state index < -0.39 is 17.6 Å². The first-order chi connectivity index (χ1) is 10.6. The molecule has 3 rings (SSSR count). The van der Waals surface area contributed by atoms with Gasteiger partial charge in [-0.3, -0.25) is 9.78 Å². The molecule has 1 unspecified atom stereocenters. The molecule has 2 aromatic heterocycles. The van der Waals surface area contributed by atoms with Gasteiger partial charge in [-0.1, -0.05) is 6.07 Å². The Morgan fingerprint density at radius 1 is 1.41 bits per heavy atom. The standard InChI is InChI=1S/C16H13FN2O2S/c17-12-7-11(16(21)15-9(12)3-1-5-19-15)10(8-14(18)20)13-4-2-6-22-13/h1-7,10,21H,8H2,(H2,18,20). The fraction of sp³-hybridized carbons (Fsp3) is 0.125. The molecule has 0 spiro atoms. The number of nitrogens with zero attached hydrogens (tertiary/aromatic N) is 1. The number of fused-ring (bicyclic) bond motifs is 1. The van der Waals surface area contributed by atoms with E-state index in [4.69, 9.17) is 5.73 Å². The number of carbonyl (C=O) groups is 1. The van der Waals surface area contributed by atoms with Crippen LogP contribution >= 0.6 is 11.3 Å². The van der Waals surface area contributed by atoms with E-state index in [1.54, 1.807) is 12.1 Å². The third-order valence-electron chi connectivity index (χ3n) is 3.51. The van der Waals surface area contributed by atoms with Crippen molar-refractivity contribution in [3.63, 3.8) is 0 Å². The summed E-state index contributed by atoms with van der Waals surface area (Å²) in [6, 6.07) is 8.08. The summed E-state index contributed by atoms with van der Waals surface area (Å²) < 4.78 is 14.3. The van der Waals surface area contributed by atoms with Crippen LogP contribution in [0.5, 0.6) is 5.75 Å². The average molecular weight is 316 g/mol. The van der Waals surface area contributed by atoms with Gasteiger partial charge in [-0.25, -0.2) is 4.39 Å². The lowest BCUT2D eigenvalue weighted by Gasteiger charge is -2.17. The largest absolute Gasteiger partial charge is 0.505 e. The quantitative estimate of drug-likeness (QED) is 0.776. The predicted octanol–water partition coefficient (Wildman–Crippen LogP) is 3.15. The van der Waals surface area contributed by atoms with E-state index >= 15 is 0 Å². The lowest BCUT2D eigenvalue weighted by Crippen LogP contribution is -2.16. The molecule has 3 N–H and O–H groups in total. The van der Waals surface area contributed by atoms with Crippen LogP contribution in [-0.4, -0.2) is 16.0 Å². The summed E-state index contributed by atoms with van der Waals surface area (Å²) in [5.74, 6) is -1.60. The molecule has 2 heterocycles. The molecular weight excluding hydrogens is 303 g/mol. The van der Waals surface area contributed by atoms with Crippen molar-refractivity contribution in [2.75, 3.05) is 0 Å². The zero-order valence-corrected chi connectivity index (χ0v) is 12.3. The molecule has 0 aliphatic rings. The van der Waals surface area contributed by atoms with Gasteiger partial charge in [0.25, 0.3) is 0 Å². The molecule has 1 amide bonds. The van der Waals surface area contributed by atoms with Gasteiger partial charge in [-0.2, -0.15) is 0 Å². The molecule has 4 nitrogen and oxygen atoms in total. The summed E-state index contributed by atoms with van der Waals surface area (Å²) in [5, 5.41) is 12.6. The number of nitrogens with two attached hydrogens (primary N) is 1. The van der Waals surface area contributed by atoms with Gasteiger partial charge in [0.1, 0.15) is 17.1 Å². The van der Waals surface area contributed by atoms with Crippen LogP contribution in [0, 0.1) is 5.82 Å². The summed E-state index contributed by atoms with van der Waals surface area (Å²) in [5.41, 5.74) is 5.82. The highest BCUT2D eigenvalue weighted by Gasteiger charge is 2.24. The number of hydrogen-bond donors (Lipinski definition) is 2. The molecule has 3 aromatic rings. The zero-order valence-electron chi connectivity index (χ0n) is 11.5. The first-order valence-corrected chi connectivity index (χ1v) is 7.53. The number of phenols is 1. The molecule has 0 fully saturated rings. The van der Waals surface area contributed by atoms with Gasteiger partial charge in [-0.15, -0.1) is 11.3 Å². The Morgan fingerprint density at radius 3 is 2.91 bits per heavy atom. The minimum absolute atomic E-state index is 0.00808. The van der Waals surface area contributed by atoms with Crippen molar-refractivity contribution < 1.29 is 14.3 Å². The highest BCUT2D eigenvalue weighted by Crippen LogP contribution is 2.40. The van der Waals surface area contributed by atoms with Gasteiger partial charge in [0.15, 0.2) is 0 Å².